The fourth-order valence-corrected chi connectivity index (χ4v) is 6.17. The first kappa shape index (κ1) is 24.8. The summed E-state index contributed by atoms with van der Waals surface area (Å²) in [7, 11) is 0. The van der Waals surface area contributed by atoms with Crippen LogP contribution in [0.5, 0.6) is 0 Å². The molecule has 36 heavy (non-hydrogen) atoms. The maximum absolute atomic E-state index is 12.7. The van der Waals surface area contributed by atoms with Crippen LogP contribution in [-0.4, -0.2) is 42.1 Å². The summed E-state index contributed by atoms with van der Waals surface area (Å²) >= 11 is 0. The molecule has 0 spiro atoms. The van der Waals surface area contributed by atoms with Gasteiger partial charge in [-0.2, -0.15) is 0 Å². The van der Waals surface area contributed by atoms with Crippen molar-refractivity contribution in [3.05, 3.63) is 53.6 Å². The highest BCUT2D eigenvalue weighted by Gasteiger charge is 2.34. The number of likely N-dealkylation sites (tertiary alicyclic amines) is 1. The van der Waals surface area contributed by atoms with E-state index in [1.54, 1.807) is 6.92 Å². The number of benzene rings is 2. The van der Waals surface area contributed by atoms with E-state index in [0.717, 1.165) is 54.6 Å². The maximum atomic E-state index is 12.7. The monoisotopic (exact) mass is 489 g/mol. The molecule has 2 aromatic carbocycles. The van der Waals surface area contributed by atoms with Crippen LogP contribution in [0.2, 0.25) is 0 Å². The van der Waals surface area contributed by atoms with Crippen LogP contribution >= 0.6 is 0 Å². The third kappa shape index (κ3) is 5.59. The molecule has 2 heterocycles. The third-order valence-corrected chi connectivity index (χ3v) is 8.03. The molecular weight excluding hydrogens is 450 g/mol. The Bertz CT molecular complexity index is 1070. The lowest BCUT2D eigenvalue weighted by Gasteiger charge is -2.39. The molecule has 1 saturated carbocycles. The Labute approximate surface area is 215 Å². The van der Waals surface area contributed by atoms with E-state index >= 15 is 0 Å². The minimum absolute atomic E-state index is 0.00768. The van der Waals surface area contributed by atoms with Gasteiger partial charge in [-0.15, -0.1) is 0 Å². The van der Waals surface area contributed by atoms with Crippen LogP contribution in [0.1, 0.15) is 82.4 Å². The van der Waals surface area contributed by atoms with E-state index in [1.165, 1.54) is 37.9 Å². The quantitative estimate of drug-likeness (QED) is 0.544. The number of nitrogens with one attached hydrogen (secondary N) is 1. The summed E-state index contributed by atoms with van der Waals surface area (Å²) in [6.07, 6.45) is 8.40. The minimum atomic E-state index is -0.353. The molecule has 2 aliphatic heterocycles. The molecule has 0 radical (unpaired) electrons. The molecule has 6 nitrogen and oxygen atoms in total. The number of carbonyl (C=O) groups is 2. The first-order valence-electron chi connectivity index (χ1n) is 13.7. The molecular formula is C30H39N3O3. The molecule has 2 aromatic rings. The summed E-state index contributed by atoms with van der Waals surface area (Å²) in [4.78, 5) is 29.6. The van der Waals surface area contributed by atoms with Gasteiger partial charge >= 0.3 is 6.09 Å². The summed E-state index contributed by atoms with van der Waals surface area (Å²) in [6.45, 7) is 7.03. The number of hydrogen-bond donors (Lipinski definition) is 1. The van der Waals surface area contributed by atoms with E-state index in [0.29, 0.717) is 6.42 Å². The van der Waals surface area contributed by atoms with Gasteiger partial charge in [0.05, 0.1) is 6.04 Å². The Morgan fingerprint density at radius 2 is 1.64 bits per heavy atom. The van der Waals surface area contributed by atoms with Gasteiger partial charge in [-0.25, -0.2) is 4.79 Å². The van der Waals surface area contributed by atoms with E-state index in [9.17, 15) is 9.59 Å². The van der Waals surface area contributed by atoms with Crippen molar-refractivity contribution in [2.75, 3.05) is 18.0 Å². The van der Waals surface area contributed by atoms with Crippen molar-refractivity contribution in [1.29, 1.82) is 0 Å². The largest absolute Gasteiger partial charge is 0.446 e. The number of piperidine rings is 1. The van der Waals surface area contributed by atoms with Crippen LogP contribution in [0.25, 0.3) is 11.1 Å². The zero-order valence-electron chi connectivity index (χ0n) is 21.7. The Balaban J connectivity index is 1.37. The van der Waals surface area contributed by atoms with Crippen LogP contribution in [-0.2, 0) is 16.1 Å². The number of carbonyl (C=O) groups excluding carboxylic acids is 2. The molecule has 1 N–H and O–H groups in total. The zero-order valence-corrected chi connectivity index (χ0v) is 21.7. The molecule has 1 unspecified atom stereocenters. The van der Waals surface area contributed by atoms with Crippen molar-refractivity contribution in [3.63, 3.8) is 0 Å². The van der Waals surface area contributed by atoms with E-state index in [2.05, 4.69) is 46.6 Å². The topological polar surface area (TPSA) is 61.9 Å². The number of alkyl carbamates (subject to hydrolysis) is 1. The molecule has 2 amide bonds. The molecule has 6 heteroatoms. The van der Waals surface area contributed by atoms with Crippen LogP contribution < -0.4 is 10.2 Å². The van der Waals surface area contributed by atoms with Crippen LogP contribution in [0.4, 0.5) is 10.5 Å². The Hall–Kier alpha value is -2.86. The fourth-order valence-electron chi connectivity index (χ4n) is 6.17. The lowest BCUT2D eigenvalue weighted by atomic mass is 9.89. The van der Waals surface area contributed by atoms with Crippen molar-refractivity contribution >= 4 is 17.7 Å². The normalized spacial score (nSPS) is 22.8. The van der Waals surface area contributed by atoms with Crippen LogP contribution in [0, 0.1) is 0 Å². The number of amides is 2. The van der Waals surface area contributed by atoms with Gasteiger partial charge in [0.2, 0.25) is 5.91 Å². The van der Waals surface area contributed by atoms with E-state index in [4.69, 9.17) is 4.74 Å². The highest BCUT2D eigenvalue weighted by Crippen LogP contribution is 2.40. The third-order valence-electron chi connectivity index (χ3n) is 8.03. The smallest absolute Gasteiger partial charge is 0.407 e. The Morgan fingerprint density at radius 3 is 2.33 bits per heavy atom. The zero-order chi connectivity index (χ0) is 25.1. The summed E-state index contributed by atoms with van der Waals surface area (Å²) in [5.41, 5.74) is 5.41. The van der Waals surface area contributed by atoms with Crippen molar-refractivity contribution in [2.24, 2.45) is 0 Å². The van der Waals surface area contributed by atoms with Crippen molar-refractivity contribution in [2.45, 2.75) is 89.9 Å². The second kappa shape index (κ2) is 11.0. The SMILES string of the molecule is CC(=O)N1c2ccc(-c3ccc(CN4CCCCC4)cc3)cc2C(NC(=O)OC2CCCC2)C[C@H]1C. The van der Waals surface area contributed by atoms with Gasteiger partial charge in [-0.3, -0.25) is 9.69 Å². The maximum Gasteiger partial charge on any atom is 0.407 e. The number of rotatable bonds is 5. The number of ether oxygens (including phenoxy) is 1. The molecule has 1 saturated heterocycles. The number of anilines is 1. The standard InChI is InChI=1S/C30H39N3O3/c1-21-18-28(31-30(35)36-26-8-4-5-9-26)27-19-25(14-15-29(27)33(21)22(2)34)24-12-10-23(11-13-24)20-32-16-6-3-7-17-32/h10-15,19,21,26,28H,3-9,16-18,20H2,1-2H3,(H,31,35)/t21-,28?/m1/s1. The molecule has 3 aliphatic rings. The molecule has 1 aliphatic carbocycles. The average Bonchev–Trinajstić information content (AvgIpc) is 3.37. The van der Waals surface area contributed by atoms with Crippen molar-refractivity contribution < 1.29 is 14.3 Å². The van der Waals surface area contributed by atoms with Gasteiger partial charge in [0.1, 0.15) is 6.10 Å². The fraction of sp³-hybridized carbons (Fsp3) is 0.533. The molecule has 0 aromatic heterocycles. The van der Waals surface area contributed by atoms with Gasteiger partial charge in [-0.05, 0) is 99.3 Å². The molecule has 5 rings (SSSR count). The number of hydrogen-bond acceptors (Lipinski definition) is 4. The van der Waals surface area contributed by atoms with E-state index in [1.807, 2.05) is 17.9 Å². The first-order chi connectivity index (χ1) is 17.5. The first-order valence-corrected chi connectivity index (χ1v) is 13.7. The summed E-state index contributed by atoms with van der Waals surface area (Å²) in [5.74, 6) is 0.0190. The summed E-state index contributed by atoms with van der Waals surface area (Å²) in [5, 5.41) is 3.12. The van der Waals surface area contributed by atoms with Gasteiger partial charge in [0, 0.05) is 25.2 Å². The second-order valence-electron chi connectivity index (χ2n) is 10.8. The second-order valence-corrected chi connectivity index (χ2v) is 10.8. The van der Waals surface area contributed by atoms with Gasteiger partial charge in [-0.1, -0.05) is 36.8 Å². The minimum Gasteiger partial charge on any atom is -0.446 e. The van der Waals surface area contributed by atoms with Gasteiger partial charge in [0.15, 0.2) is 0 Å². The Kier molecular flexibility index (Phi) is 7.61. The van der Waals surface area contributed by atoms with E-state index in [-0.39, 0.29) is 30.2 Å². The average molecular weight is 490 g/mol. The van der Waals surface area contributed by atoms with Gasteiger partial charge in [0.25, 0.3) is 0 Å². The van der Waals surface area contributed by atoms with Gasteiger partial charge < -0.3 is 15.0 Å². The highest BCUT2D eigenvalue weighted by atomic mass is 16.6. The van der Waals surface area contributed by atoms with Crippen molar-refractivity contribution in [1.82, 2.24) is 10.2 Å². The lowest BCUT2D eigenvalue weighted by molar-refractivity contribution is -0.117. The predicted molar refractivity (Wildman–Crippen MR) is 143 cm³/mol. The molecule has 192 valence electrons. The number of nitrogens with zero attached hydrogens (tertiary/aromatic N) is 2. The summed E-state index contributed by atoms with van der Waals surface area (Å²) < 4.78 is 5.69. The van der Waals surface area contributed by atoms with Crippen LogP contribution in [0.15, 0.2) is 42.5 Å². The van der Waals surface area contributed by atoms with E-state index < -0.39 is 0 Å². The van der Waals surface area contributed by atoms with Crippen molar-refractivity contribution in [3.8, 4) is 11.1 Å². The summed E-state index contributed by atoms with van der Waals surface area (Å²) in [6, 6.07) is 14.9. The number of fused-ring (bicyclic) bond motifs is 1. The Morgan fingerprint density at radius 1 is 0.944 bits per heavy atom. The lowest BCUT2D eigenvalue weighted by Crippen LogP contribution is -2.45. The molecule has 2 atom stereocenters. The highest BCUT2D eigenvalue weighted by molar-refractivity contribution is 5.94. The molecule has 2 fully saturated rings. The predicted octanol–water partition coefficient (Wildman–Crippen LogP) is 6.19. The van der Waals surface area contributed by atoms with Crippen LogP contribution in [0.3, 0.4) is 0 Å². The molecule has 0 bridgehead atoms.